The summed E-state index contributed by atoms with van der Waals surface area (Å²) in [4.78, 5) is 8.96. The van der Waals surface area contributed by atoms with Gasteiger partial charge in [-0.25, -0.2) is 9.97 Å². The monoisotopic (exact) mass is 297 g/mol. The largest absolute Gasteiger partial charge is 0.311 e. The standard InChI is InChI=1S/C12H16ClN5S/c1-7-8(13)15-10(12(2,3)4)16-9(7)19-11-17-14-6-18(11)5/h6H,1-5H3. The van der Waals surface area contributed by atoms with Crippen molar-refractivity contribution in [1.29, 1.82) is 0 Å². The molecule has 0 spiro atoms. The Hall–Kier alpha value is -1.14. The molecule has 0 amide bonds. The lowest BCUT2D eigenvalue weighted by atomic mass is 9.96. The molecule has 0 aromatic carbocycles. The van der Waals surface area contributed by atoms with Crippen LogP contribution in [0.15, 0.2) is 16.5 Å². The van der Waals surface area contributed by atoms with Crippen LogP contribution in [0.2, 0.25) is 5.15 Å². The van der Waals surface area contributed by atoms with E-state index in [1.165, 1.54) is 11.8 Å². The summed E-state index contributed by atoms with van der Waals surface area (Å²) in [5, 5.41) is 9.99. The molecule has 2 rings (SSSR count). The fourth-order valence-corrected chi connectivity index (χ4v) is 2.42. The Balaban J connectivity index is 2.45. The van der Waals surface area contributed by atoms with Crippen molar-refractivity contribution in [2.24, 2.45) is 7.05 Å². The summed E-state index contributed by atoms with van der Waals surface area (Å²) in [7, 11) is 1.89. The van der Waals surface area contributed by atoms with E-state index in [1.54, 1.807) is 6.33 Å². The molecule has 0 atom stereocenters. The molecule has 2 aromatic rings. The molecule has 102 valence electrons. The lowest BCUT2D eigenvalue weighted by Gasteiger charge is -2.18. The number of aryl methyl sites for hydroxylation is 1. The Morgan fingerprint density at radius 1 is 1.26 bits per heavy atom. The summed E-state index contributed by atoms with van der Waals surface area (Å²) >= 11 is 7.64. The third-order valence-electron chi connectivity index (χ3n) is 2.57. The highest BCUT2D eigenvalue weighted by molar-refractivity contribution is 7.99. The van der Waals surface area contributed by atoms with Gasteiger partial charge in [-0.2, -0.15) is 0 Å². The zero-order chi connectivity index (χ0) is 14.2. The average molecular weight is 298 g/mol. The summed E-state index contributed by atoms with van der Waals surface area (Å²) in [6, 6.07) is 0. The Labute approximate surface area is 121 Å². The van der Waals surface area contributed by atoms with Crippen molar-refractivity contribution in [1.82, 2.24) is 24.7 Å². The molecule has 0 saturated heterocycles. The van der Waals surface area contributed by atoms with Crippen LogP contribution in [0.4, 0.5) is 0 Å². The van der Waals surface area contributed by atoms with Gasteiger partial charge >= 0.3 is 0 Å². The Morgan fingerprint density at radius 3 is 2.47 bits per heavy atom. The van der Waals surface area contributed by atoms with Gasteiger partial charge in [0, 0.05) is 18.0 Å². The van der Waals surface area contributed by atoms with E-state index >= 15 is 0 Å². The van der Waals surface area contributed by atoms with E-state index in [1.807, 2.05) is 18.5 Å². The number of halogens is 1. The molecule has 19 heavy (non-hydrogen) atoms. The number of hydrogen-bond donors (Lipinski definition) is 0. The van der Waals surface area contributed by atoms with Gasteiger partial charge in [0.15, 0.2) is 5.16 Å². The van der Waals surface area contributed by atoms with Crippen LogP contribution >= 0.6 is 23.4 Å². The number of hydrogen-bond acceptors (Lipinski definition) is 5. The highest BCUT2D eigenvalue weighted by Gasteiger charge is 2.21. The molecule has 2 aromatic heterocycles. The molecule has 7 heteroatoms. The molecule has 0 saturated carbocycles. The van der Waals surface area contributed by atoms with E-state index in [9.17, 15) is 0 Å². The molecule has 0 unspecified atom stereocenters. The van der Waals surface area contributed by atoms with Crippen LogP contribution in [0, 0.1) is 6.92 Å². The fourth-order valence-electron chi connectivity index (χ4n) is 1.36. The van der Waals surface area contributed by atoms with Crippen molar-refractivity contribution in [3.63, 3.8) is 0 Å². The molecule has 0 N–H and O–H groups in total. The van der Waals surface area contributed by atoms with Gasteiger partial charge in [0.2, 0.25) is 0 Å². The number of aromatic nitrogens is 5. The van der Waals surface area contributed by atoms with Crippen molar-refractivity contribution in [3.8, 4) is 0 Å². The van der Waals surface area contributed by atoms with E-state index in [2.05, 4.69) is 40.9 Å². The second-order valence-electron chi connectivity index (χ2n) is 5.34. The predicted octanol–water partition coefficient (Wildman–Crippen LogP) is 3.02. The first kappa shape index (κ1) is 14.3. The van der Waals surface area contributed by atoms with Gasteiger partial charge < -0.3 is 4.57 Å². The quantitative estimate of drug-likeness (QED) is 0.798. The first-order chi connectivity index (χ1) is 8.79. The molecular weight excluding hydrogens is 282 g/mol. The second kappa shape index (κ2) is 5.09. The molecule has 2 heterocycles. The van der Waals surface area contributed by atoms with Gasteiger partial charge in [0.05, 0.1) is 0 Å². The van der Waals surface area contributed by atoms with Gasteiger partial charge in [-0.1, -0.05) is 32.4 Å². The fraction of sp³-hybridized carbons (Fsp3) is 0.500. The summed E-state index contributed by atoms with van der Waals surface area (Å²) < 4.78 is 1.84. The maximum Gasteiger partial charge on any atom is 0.197 e. The maximum atomic E-state index is 6.20. The van der Waals surface area contributed by atoms with E-state index in [4.69, 9.17) is 11.6 Å². The molecule has 0 fully saturated rings. The van der Waals surface area contributed by atoms with Crippen LogP contribution in [0.25, 0.3) is 0 Å². The number of rotatable bonds is 2. The molecule has 0 bridgehead atoms. The Bertz CT molecular complexity index is 603. The highest BCUT2D eigenvalue weighted by Crippen LogP contribution is 2.31. The van der Waals surface area contributed by atoms with Crippen molar-refractivity contribution < 1.29 is 0 Å². The molecular formula is C12H16ClN5S. The van der Waals surface area contributed by atoms with E-state index in [-0.39, 0.29) is 5.41 Å². The lowest BCUT2D eigenvalue weighted by molar-refractivity contribution is 0.537. The topological polar surface area (TPSA) is 56.5 Å². The second-order valence-corrected chi connectivity index (χ2v) is 6.66. The molecule has 0 aliphatic heterocycles. The summed E-state index contributed by atoms with van der Waals surface area (Å²) in [6.07, 6.45) is 1.66. The van der Waals surface area contributed by atoms with Crippen LogP contribution in [-0.2, 0) is 12.5 Å². The minimum Gasteiger partial charge on any atom is -0.311 e. The van der Waals surface area contributed by atoms with Crippen LogP contribution < -0.4 is 0 Å². The van der Waals surface area contributed by atoms with Gasteiger partial charge in [-0.05, 0) is 18.7 Å². The smallest absolute Gasteiger partial charge is 0.197 e. The minimum atomic E-state index is -0.146. The van der Waals surface area contributed by atoms with Crippen molar-refractivity contribution in [3.05, 3.63) is 22.9 Å². The lowest BCUT2D eigenvalue weighted by Crippen LogP contribution is -2.17. The van der Waals surface area contributed by atoms with Crippen molar-refractivity contribution in [2.45, 2.75) is 43.3 Å². The summed E-state index contributed by atoms with van der Waals surface area (Å²) in [5.41, 5.74) is 0.717. The molecule has 0 aliphatic carbocycles. The Kier molecular flexibility index (Phi) is 3.82. The van der Waals surface area contributed by atoms with Crippen LogP contribution in [-0.4, -0.2) is 24.7 Å². The molecule has 0 aliphatic rings. The molecule has 0 radical (unpaired) electrons. The van der Waals surface area contributed by atoms with Gasteiger partial charge in [-0.3, -0.25) is 0 Å². The van der Waals surface area contributed by atoms with Crippen LogP contribution in [0.5, 0.6) is 0 Å². The zero-order valence-corrected chi connectivity index (χ0v) is 13.2. The van der Waals surface area contributed by atoms with E-state index in [0.717, 1.165) is 21.6 Å². The van der Waals surface area contributed by atoms with E-state index < -0.39 is 0 Å². The van der Waals surface area contributed by atoms with Gasteiger partial charge in [-0.15, -0.1) is 10.2 Å². The number of nitrogens with zero attached hydrogens (tertiary/aromatic N) is 5. The SMILES string of the molecule is Cc1c(Cl)nc(C(C)(C)C)nc1Sc1nncn1C. The maximum absolute atomic E-state index is 6.20. The van der Waals surface area contributed by atoms with E-state index in [0.29, 0.717) is 5.15 Å². The summed E-state index contributed by atoms with van der Waals surface area (Å²) in [6.45, 7) is 8.09. The van der Waals surface area contributed by atoms with Crippen molar-refractivity contribution >= 4 is 23.4 Å². The third kappa shape index (κ3) is 3.06. The third-order valence-corrected chi connectivity index (χ3v) is 4.08. The molecule has 5 nitrogen and oxygen atoms in total. The first-order valence-electron chi connectivity index (χ1n) is 5.85. The highest BCUT2D eigenvalue weighted by atomic mass is 35.5. The van der Waals surface area contributed by atoms with Crippen LogP contribution in [0.3, 0.4) is 0 Å². The predicted molar refractivity (Wildman–Crippen MR) is 75.6 cm³/mol. The zero-order valence-electron chi connectivity index (χ0n) is 11.6. The van der Waals surface area contributed by atoms with Crippen LogP contribution in [0.1, 0.15) is 32.2 Å². The van der Waals surface area contributed by atoms with Gasteiger partial charge in [0.1, 0.15) is 22.3 Å². The normalized spacial score (nSPS) is 11.9. The van der Waals surface area contributed by atoms with Gasteiger partial charge in [0.25, 0.3) is 0 Å². The first-order valence-corrected chi connectivity index (χ1v) is 7.05. The van der Waals surface area contributed by atoms with Crippen molar-refractivity contribution in [2.75, 3.05) is 0 Å². The average Bonchev–Trinajstić information content (AvgIpc) is 2.69. The minimum absolute atomic E-state index is 0.146. The Morgan fingerprint density at radius 2 is 1.95 bits per heavy atom. The summed E-state index contributed by atoms with van der Waals surface area (Å²) in [5.74, 6) is 0.729.